The summed E-state index contributed by atoms with van der Waals surface area (Å²) in [6.07, 6.45) is 2.29. The molecule has 1 aromatic carbocycles. The standard InChI is InChI=1S/C21H35BO3Si/c1-19(2,3)26(8,9)23-18-14-13-15-16(18)11-10-12-17(15)22-24-20(4,5)21(6,7)25-22/h10-12,18H,13-14H2,1-9H3/t18-/m1/s1. The quantitative estimate of drug-likeness (QED) is 0.697. The summed E-state index contributed by atoms with van der Waals surface area (Å²) in [7, 11) is -2.09. The van der Waals surface area contributed by atoms with Gasteiger partial charge in [0.2, 0.25) is 0 Å². The Bertz CT molecular complexity index is 675. The molecule has 3 nitrogen and oxygen atoms in total. The topological polar surface area (TPSA) is 27.7 Å². The summed E-state index contributed by atoms with van der Waals surface area (Å²) in [6.45, 7) is 20.0. The van der Waals surface area contributed by atoms with Crippen molar-refractivity contribution in [1.29, 1.82) is 0 Å². The van der Waals surface area contributed by atoms with Gasteiger partial charge in [0.1, 0.15) is 0 Å². The van der Waals surface area contributed by atoms with E-state index in [1.807, 2.05) is 0 Å². The van der Waals surface area contributed by atoms with E-state index in [9.17, 15) is 0 Å². The average Bonchev–Trinajstić information content (AvgIpc) is 2.96. The zero-order valence-electron chi connectivity index (χ0n) is 18.0. The molecule has 1 saturated heterocycles. The summed E-state index contributed by atoms with van der Waals surface area (Å²) >= 11 is 0. The number of rotatable bonds is 3. The SMILES string of the molecule is CC1(C)OB(c2cccc3c2CC[C@H]3O[Si](C)(C)C(C)(C)C)OC1(C)C. The Morgan fingerprint density at radius 2 is 1.65 bits per heavy atom. The van der Waals surface area contributed by atoms with Gasteiger partial charge in [0.05, 0.1) is 17.3 Å². The van der Waals surface area contributed by atoms with Crippen LogP contribution in [0.5, 0.6) is 0 Å². The molecule has 2 aliphatic rings. The predicted octanol–water partition coefficient (Wildman–Crippen LogP) is 4.99. The lowest BCUT2D eigenvalue weighted by Gasteiger charge is -2.38. The van der Waals surface area contributed by atoms with Crippen molar-refractivity contribution in [2.75, 3.05) is 0 Å². The number of benzene rings is 1. The van der Waals surface area contributed by atoms with Crippen molar-refractivity contribution in [3.05, 3.63) is 29.3 Å². The van der Waals surface area contributed by atoms with Crippen LogP contribution in [0.3, 0.4) is 0 Å². The first kappa shape index (κ1) is 20.1. The highest BCUT2D eigenvalue weighted by Gasteiger charge is 2.52. The van der Waals surface area contributed by atoms with Crippen molar-refractivity contribution < 1.29 is 13.7 Å². The van der Waals surface area contributed by atoms with Crippen LogP contribution in [0.15, 0.2) is 18.2 Å². The lowest BCUT2D eigenvalue weighted by Crippen LogP contribution is -2.41. The van der Waals surface area contributed by atoms with Crippen molar-refractivity contribution in [3.63, 3.8) is 0 Å². The minimum Gasteiger partial charge on any atom is -0.410 e. The van der Waals surface area contributed by atoms with Crippen molar-refractivity contribution >= 4 is 20.9 Å². The smallest absolute Gasteiger partial charge is 0.410 e. The summed E-state index contributed by atoms with van der Waals surface area (Å²) in [5.74, 6) is 0. The molecule has 1 aliphatic carbocycles. The van der Waals surface area contributed by atoms with Gasteiger partial charge in [0, 0.05) is 0 Å². The molecule has 3 rings (SSSR count). The van der Waals surface area contributed by atoms with Gasteiger partial charge in [-0.2, -0.15) is 0 Å². The largest absolute Gasteiger partial charge is 0.495 e. The van der Waals surface area contributed by atoms with Gasteiger partial charge in [-0.15, -0.1) is 0 Å². The predicted molar refractivity (Wildman–Crippen MR) is 112 cm³/mol. The van der Waals surface area contributed by atoms with Crippen LogP contribution in [-0.2, 0) is 20.2 Å². The lowest BCUT2D eigenvalue weighted by atomic mass is 9.75. The van der Waals surface area contributed by atoms with Gasteiger partial charge < -0.3 is 13.7 Å². The molecule has 0 spiro atoms. The molecule has 1 atom stereocenters. The molecule has 26 heavy (non-hydrogen) atoms. The van der Waals surface area contributed by atoms with Gasteiger partial charge >= 0.3 is 7.12 Å². The van der Waals surface area contributed by atoms with Crippen LogP contribution in [0, 0.1) is 0 Å². The van der Waals surface area contributed by atoms with Crippen LogP contribution in [0.4, 0.5) is 0 Å². The summed E-state index contributed by atoms with van der Waals surface area (Å²) in [5.41, 5.74) is 3.27. The number of hydrogen-bond acceptors (Lipinski definition) is 3. The average molecular weight is 374 g/mol. The normalized spacial score (nSPS) is 24.8. The zero-order valence-corrected chi connectivity index (χ0v) is 19.0. The van der Waals surface area contributed by atoms with Gasteiger partial charge in [0.15, 0.2) is 8.32 Å². The molecule has 0 saturated carbocycles. The molecule has 144 valence electrons. The third-order valence-electron chi connectivity index (χ3n) is 7.00. The van der Waals surface area contributed by atoms with Gasteiger partial charge in [-0.25, -0.2) is 0 Å². The van der Waals surface area contributed by atoms with E-state index in [-0.39, 0.29) is 29.5 Å². The Morgan fingerprint density at radius 3 is 2.19 bits per heavy atom. The monoisotopic (exact) mass is 374 g/mol. The number of fused-ring (bicyclic) bond motifs is 1. The van der Waals surface area contributed by atoms with Crippen LogP contribution in [-0.4, -0.2) is 26.6 Å². The highest BCUT2D eigenvalue weighted by molar-refractivity contribution is 6.74. The van der Waals surface area contributed by atoms with Crippen molar-refractivity contribution in [2.45, 2.75) is 96.7 Å². The molecule has 0 amide bonds. The fourth-order valence-corrected chi connectivity index (χ4v) is 4.80. The molecule has 1 heterocycles. The van der Waals surface area contributed by atoms with E-state index < -0.39 is 8.32 Å². The van der Waals surface area contributed by atoms with Gasteiger partial charge in [-0.3, -0.25) is 0 Å². The maximum absolute atomic E-state index is 6.75. The third kappa shape index (κ3) is 3.32. The molecule has 1 aliphatic heterocycles. The Balaban J connectivity index is 1.88. The Kier molecular flexibility index (Phi) is 4.80. The molecule has 5 heteroatoms. The highest BCUT2D eigenvalue weighted by Crippen LogP contribution is 2.44. The summed E-state index contributed by atoms with van der Waals surface area (Å²) in [5, 5.41) is 0.221. The molecular formula is C21H35BO3Si. The Labute approximate surface area is 161 Å². The Hall–Kier alpha value is -0.618. The lowest BCUT2D eigenvalue weighted by molar-refractivity contribution is 0.00578. The van der Waals surface area contributed by atoms with E-state index in [4.69, 9.17) is 13.7 Å². The first-order chi connectivity index (χ1) is 11.8. The third-order valence-corrected chi connectivity index (χ3v) is 11.5. The molecule has 1 aromatic rings. The molecule has 0 aromatic heterocycles. The summed E-state index contributed by atoms with van der Waals surface area (Å²) < 4.78 is 19.4. The first-order valence-electron chi connectivity index (χ1n) is 9.90. The van der Waals surface area contributed by atoms with E-state index >= 15 is 0 Å². The van der Waals surface area contributed by atoms with Crippen LogP contribution in [0.2, 0.25) is 18.1 Å². The van der Waals surface area contributed by atoms with Crippen LogP contribution < -0.4 is 5.46 Å². The second kappa shape index (κ2) is 6.20. The molecular weight excluding hydrogens is 339 g/mol. The maximum atomic E-state index is 6.75. The van der Waals surface area contributed by atoms with Crippen molar-refractivity contribution in [2.24, 2.45) is 0 Å². The Morgan fingerprint density at radius 1 is 1.08 bits per heavy atom. The second-order valence-corrected chi connectivity index (χ2v) is 15.2. The van der Waals surface area contributed by atoms with Crippen molar-refractivity contribution in [3.8, 4) is 0 Å². The molecule has 1 fully saturated rings. The summed E-state index contributed by atoms with van der Waals surface area (Å²) in [4.78, 5) is 0. The minimum absolute atomic E-state index is 0.202. The van der Waals surface area contributed by atoms with Crippen molar-refractivity contribution in [1.82, 2.24) is 0 Å². The maximum Gasteiger partial charge on any atom is 0.495 e. The van der Waals surface area contributed by atoms with E-state index in [1.54, 1.807) is 0 Å². The first-order valence-corrected chi connectivity index (χ1v) is 12.8. The minimum atomic E-state index is -1.80. The number of hydrogen-bond donors (Lipinski definition) is 0. The summed E-state index contributed by atoms with van der Waals surface area (Å²) in [6, 6.07) is 6.52. The highest BCUT2D eigenvalue weighted by atomic mass is 28.4. The van der Waals surface area contributed by atoms with Gasteiger partial charge in [0.25, 0.3) is 0 Å². The van der Waals surface area contributed by atoms with Crippen LogP contribution in [0.1, 0.15) is 72.1 Å². The fourth-order valence-electron chi connectivity index (χ4n) is 3.49. The molecule has 0 bridgehead atoms. The second-order valence-electron chi connectivity index (χ2n) is 10.4. The molecule has 0 unspecified atom stereocenters. The van der Waals surface area contributed by atoms with E-state index in [2.05, 4.69) is 79.8 Å². The van der Waals surface area contributed by atoms with E-state index in [1.165, 1.54) is 16.6 Å². The zero-order chi connectivity index (χ0) is 19.5. The molecule has 0 radical (unpaired) electrons. The van der Waals surface area contributed by atoms with Gasteiger partial charge in [-0.05, 0) is 75.3 Å². The van der Waals surface area contributed by atoms with Crippen LogP contribution >= 0.6 is 0 Å². The van der Waals surface area contributed by atoms with Crippen LogP contribution in [0.25, 0.3) is 0 Å². The molecule has 0 N–H and O–H groups in total. The van der Waals surface area contributed by atoms with E-state index in [0.29, 0.717) is 0 Å². The van der Waals surface area contributed by atoms with E-state index in [0.717, 1.165) is 12.8 Å². The fraction of sp³-hybridized carbons (Fsp3) is 0.714. The van der Waals surface area contributed by atoms with Gasteiger partial charge in [-0.1, -0.05) is 39.0 Å².